The number of nitrogens with zero attached hydrogens (tertiary/aromatic N) is 2. The Morgan fingerprint density at radius 1 is 1.22 bits per heavy atom. The first-order chi connectivity index (χ1) is 10.8. The molecule has 3 heterocycles. The standard InChI is InChI=1S/C17H23ClN4.ClH/c18-13-3-4-14-15(10-13)21-17(20-14)16-2-1-9-22(16)11-12-5-7-19-8-6-12;/h3-4,10,12,16,19H,1-2,5-9,11H2,(H,20,21);1H. The summed E-state index contributed by atoms with van der Waals surface area (Å²) in [7, 11) is 0. The van der Waals surface area contributed by atoms with E-state index in [-0.39, 0.29) is 12.4 Å². The molecule has 126 valence electrons. The summed E-state index contributed by atoms with van der Waals surface area (Å²) in [6.07, 6.45) is 5.09. The molecule has 6 heteroatoms. The predicted molar refractivity (Wildman–Crippen MR) is 97.5 cm³/mol. The molecule has 0 aliphatic carbocycles. The second kappa shape index (κ2) is 7.39. The van der Waals surface area contributed by atoms with Crippen molar-refractivity contribution in [2.75, 3.05) is 26.2 Å². The van der Waals surface area contributed by atoms with Crippen LogP contribution in [0, 0.1) is 5.92 Å². The molecule has 4 nitrogen and oxygen atoms in total. The molecule has 2 N–H and O–H groups in total. The zero-order chi connectivity index (χ0) is 14.9. The van der Waals surface area contributed by atoms with Gasteiger partial charge in [0.1, 0.15) is 5.82 Å². The van der Waals surface area contributed by atoms with Crippen molar-refractivity contribution in [2.24, 2.45) is 5.92 Å². The molecule has 1 aromatic heterocycles. The molecular weight excluding hydrogens is 331 g/mol. The third-order valence-electron chi connectivity index (χ3n) is 5.09. The molecule has 2 aliphatic heterocycles. The van der Waals surface area contributed by atoms with E-state index in [4.69, 9.17) is 16.6 Å². The molecule has 2 aromatic rings. The fourth-order valence-corrected chi connectivity index (χ4v) is 4.08. The second-order valence-electron chi connectivity index (χ2n) is 6.63. The lowest BCUT2D eigenvalue weighted by Gasteiger charge is -2.30. The van der Waals surface area contributed by atoms with Crippen molar-refractivity contribution < 1.29 is 0 Å². The highest BCUT2D eigenvalue weighted by Crippen LogP contribution is 2.33. The predicted octanol–water partition coefficient (Wildman–Crippen LogP) is 3.77. The third-order valence-corrected chi connectivity index (χ3v) is 5.33. The van der Waals surface area contributed by atoms with Crippen molar-refractivity contribution in [3.8, 4) is 0 Å². The molecule has 0 bridgehead atoms. The number of hydrogen-bond acceptors (Lipinski definition) is 3. The Morgan fingerprint density at radius 2 is 2.04 bits per heavy atom. The van der Waals surface area contributed by atoms with Gasteiger partial charge in [0.15, 0.2) is 0 Å². The first kappa shape index (κ1) is 17.0. The number of aromatic nitrogens is 2. The van der Waals surface area contributed by atoms with Crippen LogP contribution in [0.25, 0.3) is 11.0 Å². The van der Waals surface area contributed by atoms with Gasteiger partial charge < -0.3 is 10.3 Å². The molecule has 0 saturated carbocycles. The van der Waals surface area contributed by atoms with Crippen molar-refractivity contribution in [2.45, 2.75) is 31.7 Å². The Labute approximate surface area is 148 Å². The molecule has 2 fully saturated rings. The van der Waals surface area contributed by atoms with Crippen molar-refractivity contribution in [3.05, 3.63) is 29.0 Å². The number of imidazole rings is 1. The average molecular weight is 355 g/mol. The van der Waals surface area contributed by atoms with Gasteiger partial charge in [0.2, 0.25) is 0 Å². The first-order valence-electron chi connectivity index (χ1n) is 8.39. The lowest BCUT2D eigenvalue weighted by molar-refractivity contribution is 0.188. The minimum Gasteiger partial charge on any atom is -0.341 e. The zero-order valence-electron chi connectivity index (χ0n) is 13.2. The van der Waals surface area contributed by atoms with E-state index in [9.17, 15) is 0 Å². The van der Waals surface area contributed by atoms with Crippen LogP contribution in [-0.2, 0) is 0 Å². The van der Waals surface area contributed by atoms with Crippen molar-refractivity contribution >= 4 is 35.0 Å². The molecule has 1 aromatic carbocycles. The number of piperidine rings is 1. The largest absolute Gasteiger partial charge is 0.341 e. The number of benzene rings is 1. The van der Waals surface area contributed by atoms with Crippen LogP contribution in [0.5, 0.6) is 0 Å². The molecule has 2 aliphatic rings. The summed E-state index contributed by atoms with van der Waals surface area (Å²) in [6.45, 7) is 4.76. The fourth-order valence-electron chi connectivity index (χ4n) is 3.91. The van der Waals surface area contributed by atoms with Crippen LogP contribution in [0.1, 0.15) is 37.5 Å². The van der Waals surface area contributed by atoms with Crippen LogP contribution in [-0.4, -0.2) is 41.0 Å². The Hall–Kier alpha value is -0.810. The van der Waals surface area contributed by atoms with E-state index in [1.54, 1.807) is 0 Å². The molecule has 2 saturated heterocycles. The van der Waals surface area contributed by atoms with E-state index in [0.717, 1.165) is 27.8 Å². The summed E-state index contributed by atoms with van der Waals surface area (Å²) in [5.74, 6) is 1.95. The van der Waals surface area contributed by atoms with Gasteiger partial charge in [-0.1, -0.05) is 11.6 Å². The van der Waals surface area contributed by atoms with Crippen LogP contribution in [0.2, 0.25) is 5.02 Å². The Balaban J connectivity index is 0.00000156. The van der Waals surface area contributed by atoms with Crippen LogP contribution < -0.4 is 5.32 Å². The Kier molecular flexibility index (Phi) is 5.47. The smallest absolute Gasteiger partial charge is 0.124 e. The van der Waals surface area contributed by atoms with Crippen LogP contribution >= 0.6 is 24.0 Å². The molecule has 4 rings (SSSR count). The summed E-state index contributed by atoms with van der Waals surface area (Å²) >= 11 is 6.08. The number of likely N-dealkylation sites (tertiary alicyclic amines) is 1. The highest BCUT2D eigenvalue weighted by Gasteiger charge is 2.30. The van der Waals surface area contributed by atoms with Crippen molar-refractivity contribution in [1.82, 2.24) is 20.2 Å². The summed E-state index contributed by atoms with van der Waals surface area (Å²) in [5, 5.41) is 4.22. The number of rotatable bonds is 3. The van der Waals surface area contributed by atoms with Gasteiger partial charge in [-0.3, -0.25) is 4.90 Å². The number of fused-ring (bicyclic) bond motifs is 1. The van der Waals surface area contributed by atoms with Gasteiger partial charge in [0, 0.05) is 11.6 Å². The third kappa shape index (κ3) is 3.66. The van der Waals surface area contributed by atoms with Crippen LogP contribution in [0.3, 0.4) is 0 Å². The first-order valence-corrected chi connectivity index (χ1v) is 8.77. The van der Waals surface area contributed by atoms with Gasteiger partial charge in [-0.2, -0.15) is 0 Å². The van der Waals surface area contributed by atoms with E-state index in [1.807, 2.05) is 18.2 Å². The molecule has 0 radical (unpaired) electrons. The molecular formula is C17H24Cl2N4. The summed E-state index contributed by atoms with van der Waals surface area (Å²) < 4.78 is 0. The topological polar surface area (TPSA) is 44.0 Å². The average Bonchev–Trinajstić information content (AvgIpc) is 3.14. The Bertz CT molecular complexity index is 651. The number of nitrogens with one attached hydrogen (secondary N) is 2. The molecule has 0 amide bonds. The minimum absolute atomic E-state index is 0. The van der Waals surface area contributed by atoms with Crippen LogP contribution in [0.15, 0.2) is 18.2 Å². The maximum absolute atomic E-state index is 6.08. The molecule has 0 spiro atoms. The van der Waals surface area contributed by atoms with E-state index in [1.165, 1.54) is 51.9 Å². The fraction of sp³-hybridized carbons (Fsp3) is 0.588. The summed E-state index contributed by atoms with van der Waals surface area (Å²) in [6, 6.07) is 6.33. The maximum Gasteiger partial charge on any atom is 0.124 e. The quantitative estimate of drug-likeness (QED) is 0.881. The molecule has 23 heavy (non-hydrogen) atoms. The Morgan fingerprint density at radius 3 is 2.87 bits per heavy atom. The lowest BCUT2D eigenvalue weighted by atomic mass is 9.97. The number of hydrogen-bond donors (Lipinski definition) is 2. The minimum atomic E-state index is 0. The lowest BCUT2D eigenvalue weighted by Crippen LogP contribution is -2.36. The normalized spacial score (nSPS) is 23.3. The van der Waals surface area contributed by atoms with E-state index < -0.39 is 0 Å². The van der Waals surface area contributed by atoms with Crippen LogP contribution in [0.4, 0.5) is 0 Å². The van der Waals surface area contributed by atoms with E-state index in [2.05, 4.69) is 15.2 Å². The van der Waals surface area contributed by atoms with Gasteiger partial charge in [-0.25, -0.2) is 4.98 Å². The summed E-state index contributed by atoms with van der Waals surface area (Å²) in [5.41, 5.74) is 2.07. The van der Waals surface area contributed by atoms with E-state index in [0.29, 0.717) is 6.04 Å². The van der Waals surface area contributed by atoms with Gasteiger partial charge in [0.25, 0.3) is 0 Å². The number of H-pyrrole nitrogens is 1. The van der Waals surface area contributed by atoms with E-state index >= 15 is 0 Å². The number of halogens is 2. The SMILES string of the molecule is Cl.Clc1ccc2nc(C3CCCN3CC3CCNCC3)[nH]c2c1. The van der Waals surface area contributed by atoms with Crippen molar-refractivity contribution in [1.29, 1.82) is 0 Å². The highest BCUT2D eigenvalue weighted by atomic mass is 35.5. The zero-order valence-corrected chi connectivity index (χ0v) is 14.8. The van der Waals surface area contributed by atoms with Gasteiger partial charge in [-0.15, -0.1) is 12.4 Å². The van der Waals surface area contributed by atoms with Gasteiger partial charge >= 0.3 is 0 Å². The van der Waals surface area contributed by atoms with Crippen molar-refractivity contribution in [3.63, 3.8) is 0 Å². The molecule has 1 atom stereocenters. The summed E-state index contributed by atoms with van der Waals surface area (Å²) in [4.78, 5) is 10.9. The maximum atomic E-state index is 6.08. The monoisotopic (exact) mass is 354 g/mol. The second-order valence-corrected chi connectivity index (χ2v) is 7.07. The highest BCUT2D eigenvalue weighted by molar-refractivity contribution is 6.31. The van der Waals surface area contributed by atoms with Gasteiger partial charge in [0.05, 0.1) is 17.1 Å². The molecule has 1 unspecified atom stereocenters. The van der Waals surface area contributed by atoms with Gasteiger partial charge in [-0.05, 0) is 69.4 Å². The number of aromatic amines is 1.